The van der Waals surface area contributed by atoms with Crippen LogP contribution in [0.15, 0.2) is 16.9 Å². The predicted molar refractivity (Wildman–Crippen MR) is 94.3 cm³/mol. The zero-order valence-corrected chi connectivity index (χ0v) is 15.4. The number of rotatable bonds is 6. The number of nitrogens with zero attached hydrogens (tertiary/aromatic N) is 5. The van der Waals surface area contributed by atoms with Gasteiger partial charge in [0, 0.05) is 63.6 Å². The first-order chi connectivity index (χ1) is 12.0. The molecule has 1 aliphatic rings. The first kappa shape index (κ1) is 17.7. The fraction of sp³-hybridized carbons (Fsp3) is 0.611. The highest BCUT2D eigenvalue weighted by Gasteiger charge is 2.21. The molecular formula is C18H27N5O2. The van der Waals surface area contributed by atoms with E-state index in [0.29, 0.717) is 12.8 Å². The number of hydrogen-bond donors (Lipinski definition) is 0. The van der Waals surface area contributed by atoms with Crippen molar-refractivity contribution in [1.29, 1.82) is 0 Å². The van der Waals surface area contributed by atoms with Crippen molar-refractivity contribution in [2.75, 3.05) is 32.7 Å². The molecule has 7 heteroatoms. The minimum atomic E-state index is 0.227. The van der Waals surface area contributed by atoms with Crippen LogP contribution in [0.3, 0.4) is 0 Å². The van der Waals surface area contributed by atoms with E-state index in [1.165, 1.54) is 0 Å². The largest absolute Gasteiger partial charge is 0.361 e. The van der Waals surface area contributed by atoms with E-state index < -0.39 is 0 Å². The number of carbonyl (C=O) groups is 1. The zero-order valence-electron chi connectivity index (χ0n) is 15.4. The van der Waals surface area contributed by atoms with E-state index in [0.717, 1.165) is 62.1 Å². The summed E-state index contributed by atoms with van der Waals surface area (Å²) >= 11 is 0. The first-order valence-corrected chi connectivity index (χ1v) is 8.94. The number of aryl methyl sites for hydroxylation is 3. The molecule has 0 saturated carbocycles. The highest BCUT2D eigenvalue weighted by atomic mass is 16.5. The second-order valence-corrected chi connectivity index (χ2v) is 6.69. The third-order valence-corrected chi connectivity index (χ3v) is 5.08. The Morgan fingerprint density at radius 2 is 1.92 bits per heavy atom. The number of amides is 1. The van der Waals surface area contributed by atoms with Gasteiger partial charge in [-0.1, -0.05) is 5.16 Å². The molecule has 1 aliphatic heterocycles. The molecule has 0 N–H and O–H groups in total. The van der Waals surface area contributed by atoms with Crippen LogP contribution in [0.4, 0.5) is 0 Å². The van der Waals surface area contributed by atoms with E-state index in [4.69, 9.17) is 4.52 Å². The molecule has 0 unspecified atom stereocenters. The third-order valence-electron chi connectivity index (χ3n) is 5.08. The van der Waals surface area contributed by atoms with Crippen molar-refractivity contribution < 1.29 is 9.32 Å². The van der Waals surface area contributed by atoms with Gasteiger partial charge in [-0.3, -0.25) is 9.69 Å². The van der Waals surface area contributed by atoms with Gasteiger partial charge in [-0.2, -0.15) is 0 Å². The summed E-state index contributed by atoms with van der Waals surface area (Å²) in [6, 6.07) is 0. The van der Waals surface area contributed by atoms with Crippen LogP contribution in [0.5, 0.6) is 0 Å². The first-order valence-electron chi connectivity index (χ1n) is 8.94. The van der Waals surface area contributed by atoms with Crippen LogP contribution in [0.25, 0.3) is 0 Å². The highest BCUT2D eigenvalue weighted by molar-refractivity contribution is 5.76. The minimum Gasteiger partial charge on any atom is -0.361 e. The Hall–Kier alpha value is -2.15. The van der Waals surface area contributed by atoms with Gasteiger partial charge in [0.1, 0.15) is 11.6 Å². The van der Waals surface area contributed by atoms with Gasteiger partial charge in [0.25, 0.3) is 0 Å². The van der Waals surface area contributed by atoms with E-state index in [2.05, 4.69) is 19.6 Å². The number of piperazine rings is 1. The number of hydrogen-bond acceptors (Lipinski definition) is 5. The molecule has 0 aliphatic carbocycles. The molecule has 0 bridgehead atoms. The molecule has 2 aromatic heterocycles. The van der Waals surface area contributed by atoms with Crippen LogP contribution >= 0.6 is 0 Å². The van der Waals surface area contributed by atoms with E-state index >= 15 is 0 Å². The molecule has 1 fully saturated rings. The van der Waals surface area contributed by atoms with Crippen molar-refractivity contribution in [2.45, 2.75) is 40.2 Å². The maximum Gasteiger partial charge on any atom is 0.222 e. The molecule has 0 aromatic carbocycles. The normalized spacial score (nSPS) is 15.7. The Bertz CT molecular complexity index is 693. The van der Waals surface area contributed by atoms with Crippen molar-refractivity contribution in [2.24, 2.45) is 0 Å². The zero-order chi connectivity index (χ0) is 17.8. The molecular weight excluding hydrogens is 318 g/mol. The van der Waals surface area contributed by atoms with E-state index in [9.17, 15) is 4.79 Å². The van der Waals surface area contributed by atoms with Gasteiger partial charge < -0.3 is 14.0 Å². The summed E-state index contributed by atoms with van der Waals surface area (Å²) in [6.07, 6.45) is 5.09. The lowest BCUT2D eigenvalue weighted by atomic mass is 10.1. The van der Waals surface area contributed by atoms with Crippen LogP contribution in [0.1, 0.15) is 29.3 Å². The number of aromatic nitrogens is 3. The van der Waals surface area contributed by atoms with Gasteiger partial charge in [-0.25, -0.2) is 4.98 Å². The van der Waals surface area contributed by atoms with Crippen molar-refractivity contribution in [3.05, 3.63) is 35.2 Å². The van der Waals surface area contributed by atoms with Gasteiger partial charge in [0.15, 0.2) is 0 Å². The maximum atomic E-state index is 12.5. The monoisotopic (exact) mass is 345 g/mol. The number of imidazole rings is 1. The third kappa shape index (κ3) is 4.28. The summed E-state index contributed by atoms with van der Waals surface area (Å²) in [5, 5.41) is 3.95. The lowest BCUT2D eigenvalue weighted by Gasteiger charge is -2.35. The average Bonchev–Trinajstić information content (AvgIpc) is 3.17. The van der Waals surface area contributed by atoms with Gasteiger partial charge in [0.2, 0.25) is 5.91 Å². The maximum absolute atomic E-state index is 12.5. The standard InChI is InChI=1S/C18H27N5O2/c1-14-17(15(2)25-20-14)4-5-18(24)23-12-9-21(10-13-23)8-11-22-7-6-19-16(22)3/h6-7H,4-5,8-13H2,1-3H3. The summed E-state index contributed by atoms with van der Waals surface area (Å²) in [5.41, 5.74) is 1.97. The molecule has 0 atom stereocenters. The molecule has 3 rings (SSSR count). The molecule has 136 valence electrons. The predicted octanol–water partition coefficient (Wildman–Crippen LogP) is 1.57. The highest BCUT2D eigenvalue weighted by Crippen LogP contribution is 2.15. The second-order valence-electron chi connectivity index (χ2n) is 6.69. The van der Waals surface area contributed by atoms with Crippen molar-refractivity contribution >= 4 is 5.91 Å². The van der Waals surface area contributed by atoms with Crippen LogP contribution in [0, 0.1) is 20.8 Å². The molecule has 1 amide bonds. The second kappa shape index (κ2) is 7.82. The lowest BCUT2D eigenvalue weighted by molar-refractivity contribution is -0.132. The fourth-order valence-electron chi connectivity index (χ4n) is 3.36. The van der Waals surface area contributed by atoms with Crippen molar-refractivity contribution in [3.63, 3.8) is 0 Å². The van der Waals surface area contributed by atoms with Crippen molar-refractivity contribution in [3.8, 4) is 0 Å². The van der Waals surface area contributed by atoms with E-state index in [1.54, 1.807) is 0 Å². The SMILES string of the molecule is Cc1noc(C)c1CCC(=O)N1CCN(CCn2ccnc2C)CC1. The summed E-state index contributed by atoms with van der Waals surface area (Å²) in [6.45, 7) is 11.3. The minimum absolute atomic E-state index is 0.227. The smallest absolute Gasteiger partial charge is 0.222 e. The molecule has 7 nitrogen and oxygen atoms in total. The summed E-state index contributed by atoms with van der Waals surface area (Å²) in [4.78, 5) is 21.1. The Kier molecular flexibility index (Phi) is 5.53. The molecule has 0 radical (unpaired) electrons. The summed E-state index contributed by atoms with van der Waals surface area (Å²) < 4.78 is 7.33. The fourth-order valence-corrected chi connectivity index (χ4v) is 3.36. The van der Waals surface area contributed by atoms with Crippen LogP contribution in [-0.4, -0.2) is 63.1 Å². The molecule has 2 aromatic rings. The Balaban J connectivity index is 1.41. The Morgan fingerprint density at radius 3 is 2.52 bits per heavy atom. The summed E-state index contributed by atoms with van der Waals surface area (Å²) in [7, 11) is 0. The van der Waals surface area contributed by atoms with Gasteiger partial charge in [-0.15, -0.1) is 0 Å². The summed E-state index contributed by atoms with van der Waals surface area (Å²) in [5.74, 6) is 2.10. The topological polar surface area (TPSA) is 67.4 Å². The Morgan fingerprint density at radius 1 is 1.16 bits per heavy atom. The quantitative estimate of drug-likeness (QED) is 0.795. The molecule has 25 heavy (non-hydrogen) atoms. The van der Waals surface area contributed by atoms with Crippen LogP contribution < -0.4 is 0 Å². The number of carbonyl (C=O) groups excluding carboxylic acids is 1. The van der Waals surface area contributed by atoms with E-state index in [-0.39, 0.29) is 5.91 Å². The van der Waals surface area contributed by atoms with Crippen LogP contribution in [-0.2, 0) is 17.8 Å². The van der Waals surface area contributed by atoms with Gasteiger partial charge >= 0.3 is 0 Å². The lowest BCUT2D eigenvalue weighted by Crippen LogP contribution is -2.49. The molecule has 0 spiro atoms. The average molecular weight is 345 g/mol. The van der Waals surface area contributed by atoms with Crippen molar-refractivity contribution in [1.82, 2.24) is 24.5 Å². The molecule has 1 saturated heterocycles. The molecule has 3 heterocycles. The Labute approximate surface area is 148 Å². The van der Waals surface area contributed by atoms with Gasteiger partial charge in [-0.05, 0) is 27.2 Å². The van der Waals surface area contributed by atoms with Crippen LogP contribution in [0.2, 0.25) is 0 Å². The van der Waals surface area contributed by atoms with Gasteiger partial charge in [0.05, 0.1) is 5.69 Å². The van der Waals surface area contributed by atoms with E-state index in [1.807, 2.05) is 38.1 Å².